The number of halogens is 1. The van der Waals surface area contributed by atoms with E-state index in [1.165, 1.54) is 22.8 Å². The highest BCUT2D eigenvalue weighted by Crippen LogP contribution is 2.27. The van der Waals surface area contributed by atoms with E-state index in [1.54, 1.807) is 12.3 Å². The maximum atomic E-state index is 12.8. The van der Waals surface area contributed by atoms with Gasteiger partial charge < -0.3 is 9.88 Å². The van der Waals surface area contributed by atoms with E-state index >= 15 is 0 Å². The maximum Gasteiger partial charge on any atom is 0.289 e. The smallest absolute Gasteiger partial charge is 0.289 e. The van der Waals surface area contributed by atoms with E-state index in [4.69, 9.17) is 11.6 Å². The Morgan fingerprint density at radius 1 is 1.17 bits per heavy atom. The van der Waals surface area contributed by atoms with Crippen LogP contribution in [0.1, 0.15) is 27.0 Å². The second-order valence-corrected chi connectivity index (χ2v) is 7.07. The highest BCUT2D eigenvalue weighted by atomic mass is 35.5. The quantitative estimate of drug-likeness (QED) is 0.499. The lowest BCUT2D eigenvalue weighted by molar-refractivity contribution is -0.384. The molecule has 3 aromatic rings. The molecule has 1 N–H and O–H groups in total. The van der Waals surface area contributed by atoms with Crippen LogP contribution < -0.4 is 10.9 Å². The van der Waals surface area contributed by atoms with Gasteiger partial charge in [0.25, 0.3) is 17.2 Å². The summed E-state index contributed by atoms with van der Waals surface area (Å²) in [7, 11) is 0. The van der Waals surface area contributed by atoms with Crippen LogP contribution in [-0.2, 0) is 6.54 Å². The van der Waals surface area contributed by atoms with E-state index in [0.717, 1.165) is 22.8 Å². The Morgan fingerprint density at radius 2 is 1.93 bits per heavy atom. The third-order valence-corrected chi connectivity index (χ3v) is 4.83. The average molecular weight is 412 g/mol. The van der Waals surface area contributed by atoms with Gasteiger partial charge in [-0.15, -0.1) is 0 Å². The third kappa shape index (κ3) is 4.52. The SMILES string of the molecule is Cc1ccc(C)c(Cn2cccc(C(=O)Nc3ccc(Cl)c([N+](=O)[O-])c3)c2=O)c1. The fourth-order valence-electron chi connectivity index (χ4n) is 2.92. The molecule has 0 fully saturated rings. The van der Waals surface area contributed by atoms with Crippen molar-refractivity contribution in [2.24, 2.45) is 0 Å². The molecule has 8 heteroatoms. The molecule has 3 rings (SSSR count). The number of anilines is 1. The van der Waals surface area contributed by atoms with Gasteiger partial charge in [0, 0.05) is 18.0 Å². The van der Waals surface area contributed by atoms with E-state index in [0.29, 0.717) is 6.54 Å². The highest BCUT2D eigenvalue weighted by molar-refractivity contribution is 6.32. The summed E-state index contributed by atoms with van der Waals surface area (Å²) in [6, 6.07) is 12.9. The van der Waals surface area contributed by atoms with Gasteiger partial charge in [-0.3, -0.25) is 19.7 Å². The largest absolute Gasteiger partial charge is 0.322 e. The number of hydrogen-bond donors (Lipinski definition) is 1. The highest BCUT2D eigenvalue weighted by Gasteiger charge is 2.17. The minimum absolute atomic E-state index is 0.0383. The number of nitro groups is 1. The third-order valence-electron chi connectivity index (χ3n) is 4.51. The van der Waals surface area contributed by atoms with Crippen molar-refractivity contribution in [3.05, 3.63) is 102 Å². The number of aryl methyl sites for hydroxylation is 2. The normalized spacial score (nSPS) is 10.6. The fraction of sp³-hybridized carbons (Fsp3) is 0.143. The summed E-state index contributed by atoms with van der Waals surface area (Å²) in [5.41, 5.74) is 2.45. The molecule has 0 atom stereocenters. The van der Waals surface area contributed by atoms with Crippen molar-refractivity contribution in [1.82, 2.24) is 4.57 Å². The first-order valence-corrected chi connectivity index (χ1v) is 9.15. The van der Waals surface area contributed by atoms with Crippen LogP contribution >= 0.6 is 11.6 Å². The summed E-state index contributed by atoms with van der Waals surface area (Å²) in [4.78, 5) is 35.8. The van der Waals surface area contributed by atoms with Gasteiger partial charge in [-0.05, 0) is 49.2 Å². The molecule has 1 aromatic heterocycles. The van der Waals surface area contributed by atoms with Gasteiger partial charge in [-0.1, -0.05) is 35.4 Å². The Morgan fingerprint density at radius 3 is 2.66 bits per heavy atom. The lowest BCUT2D eigenvalue weighted by Crippen LogP contribution is -2.29. The molecule has 0 bridgehead atoms. The first-order valence-electron chi connectivity index (χ1n) is 8.77. The zero-order valence-corrected chi connectivity index (χ0v) is 16.6. The second-order valence-electron chi connectivity index (χ2n) is 6.66. The number of benzene rings is 2. The van der Waals surface area contributed by atoms with Crippen LogP contribution in [0.2, 0.25) is 5.02 Å². The molecule has 0 spiro atoms. The molecule has 0 saturated heterocycles. The number of rotatable bonds is 5. The molecule has 2 aromatic carbocycles. The number of amides is 1. The summed E-state index contributed by atoms with van der Waals surface area (Å²) in [5.74, 6) is -0.651. The van der Waals surface area contributed by atoms with Crippen molar-refractivity contribution in [3.63, 3.8) is 0 Å². The van der Waals surface area contributed by atoms with Crippen LogP contribution in [0.15, 0.2) is 59.5 Å². The maximum absolute atomic E-state index is 12.8. The molecule has 7 nitrogen and oxygen atoms in total. The number of aromatic nitrogens is 1. The summed E-state index contributed by atoms with van der Waals surface area (Å²) < 4.78 is 1.46. The summed E-state index contributed by atoms with van der Waals surface area (Å²) >= 11 is 5.78. The molecular weight excluding hydrogens is 394 g/mol. The Bertz CT molecular complexity index is 1170. The average Bonchev–Trinajstić information content (AvgIpc) is 2.67. The molecule has 0 saturated carbocycles. The zero-order chi connectivity index (χ0) is 21.1. The van der Waals surface area contributed by atoms with Crippen molar-refractivity contribution in [2.45, 2.75) is 20.4 Å². The van der Waals surface area contributed by atoms with Crippen LogP contribution in [0.25, 0.3) is 0 Å². The molecule has 0 aliphatic carbocycles. The molecule has 29 heavy (non-hydrogen) atoms. The second kappa shape index (κ2) is 8.28. The Kier molecular flexibility index (Phi) is 5.79. The molecular formula is C21H18ClN3O4. The molecule has 148 valence electrons. The predicted molar refractivity (Wildman–Crippen MR) is 112 cm³/mol. The van der Waals surface area contributed by atoms with Gasteiger partial charge in [0.2, 0.25) is 0 Å². The molecule has 1 amide bonds. The van der Waals surface area contributed by atoms with Gasteiger partial charge >= 0.3 is 0 Å². The van der Waals surface area contributed by atoms with Gasteiger partial charge in [0.1, 0.15) is 10.6 Å². The number of hydrogen-bond acceptors (Lipinski definition) is 4. The summed E-state index contributed by atoms with van der Waals surface area (Å²) in [6.07, 6.45) is 1.62. The molecule has 0 radical (unpaired) electrons. The van der Waals surface area contributed by atoms with Crippen LogP contribution in [0.4, 0.5) is 11.4 Å². The van der Waals surface area contributed by atoms with Crippen LogP contribution in [0, 0.1) is 24.0 Å². The molecule has 0 aliphatic rings. The Hall–Kier alpha value is -3.45. The van der Waals surface area contributed by atoms with Gasteiger partial charge in [-0.2, -0.15) is 0 Å². The predicted octanol–water partition coefficient (Wildman–Crippen LogP) is 4.33. The minimum atomic E-state index is -0.651. The number of carbonyl (C=O) groups excluding carboxylic acids is 1. The fourth-order valence-corrected chi connectivity index (χ4v) is 3.10. The first-order chi connectivity index (χ1) is 13.8. The monoisotopic (exact) mass is 411 g/mol. The van der Waals surface area contributed by atoms with Crippen molar-refractivity contribution in [2.75, 3.05) is 5.32 Å². The van der Waals surface area contributed by atoms with Crippen molar-refractivity contribution in [3.8, 4) is 0 Å². The van der Waals surface area contributed by atoms with Crippen molar-refractivity contribution < 1.29 is 9.72 Å². The topological polar surface area (TPSA) is 94.2 Å². The summed E-state index contributed by atoms with van der Waals surface area (Å²) in [5, 5.41) is 13.5. The van der Waals surface area contributed by atoms with Gasteiger partial charge in [0.05, 0.1) is 11.5 Å². The Balaban J connectivity index is 1.88. The molecule has 1 heterocycles. The molecule has 0 unspecified atom stereocenters. The first kappa shape index (κ1) is 20.3. The Labute approximate surface area is 171 Å². The number of pyridine rings is 1. The lowest BCUT2D eigenvalue weighted by Gasteiger charge is -2.11. The van der Waals surface area contributed by atoms with E-state index < -0.39 is 16.4 Å². The number of nitrogens with zero attached hydrogens (tertiary/aromatic N) is 2. The number of nitrogens with one attached hydrogen (secondary N) is 1. The number of carbonyl (C=O) groups is 1. The minimum Gasteiger partial charge on any atom is -0.322 e. The van der Waals surface area contributed by atoms with Crippen molar-refractivity contribution in [1.29, 1.82) is 0 Å². The molecule has 0 aliphatic heterocycles. The van der Waals surface area contributed by atoms with Crippen LogP contribution in [0.3, 0.4) is 0 Å². The zero-order valence-electron chi connectivity index (χ0n) is 15.8. The van der Waals surface area contributed by atoms with Crippen LogP contribution in [-0.4, -0.2) is 15.4 Å². The van der Waals surface area contributed by atoms with Crippen molar-refractivity contribution >= 4 is 28.9 Å². The van der Waals surface area contributed by atoms with E-state index in [9.17, 15) is 19.7 Å². The number of nitro benzene ring substituents is 1. The van der Waals surface area contributed by atoms with Gasteiger partial charge in [-0.25, -0.2) is 0 Å². The van der Waals surface area contributed by atoms with Crippen LogP contribution in [0.5, 0.6) is 0 Å². The van der Waals surface area contributed by atoms with E-state index in [1.807, 2.05) is 32.0 Å². The van der Waals surface area contributed by atoms with E-state index in [2.05, 4.69) is 5.32 Å². The summed E-state index contributed by atoms with van der Waals surface area (Å²) in [6.45, 7) is 4.27. The lowest BCUT2D eigenvalue weighted by atomic mass is 10.1. The van der Waals surface area contributed by atoms with Gasteiger partial charge in [0.15, 0.2) is 0 Å². The standard InChI is InChI=1S/C21H18ClN3O4/c1-13-5-6-14(2)15(10-13)12-24-9-3-4-17(21(24)27)20(26)23-16-7-8-18(22)19(11-16)25(28)29/h3-11H,12H2,1-2H3,(H,23,26). The van der Waals surface area contributed by atoms with E-state index in [-0.39, 0.29) is 22.0 Å².